The Morgan fingerprint density at radius 3 is 2.26 bits per heavy atom. The molecule has 0 aliphatic carbocycles. The van der Waals surface area contributed by atoms with Gasteiger partial charge in [-0.15, -0.1) is 0 Å². The predicted octanol–water partition coefficient (Wildman–Crippen LogP) is 4.68. The maximum Gasteiger partial charge on any atom is 0.223 e. The summed E-state index contributed by atoms with van der Waals surface area (Å²) in [6.07, 6.45) is 0.370. The van der Waals surface area contributed by atoms with Gasteiger partial charge in [0.15, 0.2) is 11.6 Å². The molecule has 4 heteroatoms. The Hall–Kier alpha value is -2.23. The number of halogens is 2. The minimum absolute atomic E-state index is 0.0291. The van der Waals surface area contributed by atoms with E-state index in [4.69, 9.17) is 0 Å². The van der Waals surface area contributed by atoms with Crippen LogP contribution in [0.25, 0.3) is 0 Å². The third-order valence-electron chi connectivity index (χ3n) is 4.25. The fraction of sp³-hybridized carbons (Fsp3) is 0.316. The van der Waals surface area contributed by atoms with Crippen molar-refractivity contribution >= 4 is 5.91 Å². The second-order valence-electron chi connectivity index (χ2n) is 5.87. The fourth-order valence-electron chi connectivity index (χ4n) is 2.52. The fourth-order valence-corrected chi connectivity index (χ4v) is 2.52. The second-order valence-corrected chi connectivity index (χ2v) is 5.87. The molecule has 2 unspecified atom stereocenters. The van der Waals surface area contributed by atoms with E-state index in [1.54, 1.807) is 18.9 Å². The minimum atomic E-state index is -0.896. The van der Waals surface area contributed by atoms with Crippen LogP contribution in [0, 0.1) is 11.6 Å². The van der Waals surface area contributed by atoms with Gasteiger partial charge in [0.25, 0.3) is 0 Å². The summed E-state index contributed by atoms with van der Waals surface area (Å²) < 4.78 is 26.4. The van der Waals surface area contributed by atoms with Crippen LogP contribution in [0.2, 0.25) is 0 Å². The molecule has 0 aliphatic heterocycles. The van der Waals surface area contributed by atoms with Gasteiger partial charge >= 0.3 is 0 Å². The molecule has 0 N–H and O–H groups in total. The zero-order valence-corrected chi connectivity index (χ0v) is 13.6. The quantitative estimate of drug-likeness (QED) is 0.784. The highest BCUT2D eigenvalue weighted by atomic mass is 19.2. The third-order valence-corrected chi connectivity index (χ3v) is 4.25. The van der Waals surface area contributed by atoms with Gasteiger partial charge in [0.05, 0.1) is 6.04 Å². The van der Waals surface area contributed by atoms with Crippen molar-refractivity contribution in [1.82, 2.24) is 4.90 Å². The molecule has 0 aromatic heterocycles. The number of rotatable bonds is 5. The molecule has 23 heavy (non-hydrogen) atoms. The maximum absolute atomic E-state index is 13.4. The van der Waals surface area contributed by atoms with Gasteiger partial charge in [-0.25, -0.2) is 8.78 Å². The van der Waals surface area contributed by atoms with E-state index >= 15 is 0 Å². The van der Waals surface area contributed by atoms with Crippen molar-refractivity contribution in [2.45, 2.75) is 32.2 Å². The van der Waals surface area contributed by atoms with Gasteiger partial charge in [0.2, 0.25) is 5.91 Å². The second kappa shape index (κ2) is 7.36. The molecule has 0 saturated carbocycles. The van der Waals surface area contributed by atoms with Crippen LogP contribution in [0.3, 0.4) is 0 Å². The molecule has 2 aromatic rings. The number of hydrogen-bond donors (Lipinski definition) is 0. The van der Waals surface area contributed by atoms with Crippen LogP contribution < -0.4 is 0 Å². The van der Waals surface area contributed by atoms with Crippen LogP contribution in [0.5, 0.6) is 0 Å². The summed E-state index contributed by atoms with van der Waals surface area (Å²) in [6.45, 7) is 3.81. The van der Waals surface area contributed by atoms with Gasteiger partial charge in [-0.1, -0.05) is 43.3 Å². The van der Waals surface area contributed by atoms with E-state index in [-0.39, 0.29) is 17.9 Å². The van der Waals surface area contributed by atoms with Crippen LogP contribution in [-0.2, 0) is 4.79 Å². The predicted molar refractivity (Wildman–Crippen MR) is 87.0 cm³/mol. The normalized spacial score (nSPS) is 13.4. The lowest BCUT2D eigenvalue weighted by atomic mass is 9.96. The lowest BCUT2D eigenvalue weighted by Gasteiger charge is -2.27. The first-order valence-corrected chi connectivity index (χ1v) is 7.65. The molecular formula is C19H21F2NO. The van der Waals surface area contributed by atoms with Gasteiger partial charge in [-0.2, -0.15) is 0 Å². The smallest absolute Gasteiger partial charge is 0.223 e. The summed E-state index contributed by atoms with van der Waals surface area (Å²) in [5, 5.41) is 0. The Bertz CT molecular complexity index is 672. The summed E-state index contributed by atoms with van der Waals surface area (Å²) in [4.78, 5) is 14.0. The Morgan fingerprint density at radius 2 is 1.65 bits per heavy atom. The van der Waals surface area contributed by atoms with Crippen LogP contribution >= 0.6 is 0 Å². The van der Waals surface area contributed by atoms with Gasteiger partial charge in [-0.05, 0) is 36.1 Å². The van der Waals surface area contributed by atoms with Gasteiger partial charge in [0, 0.05) is 13.5 Å². The van der Waals surface area contributed by atoms with E-state index in [1.807, 2.05) is 37.3 Å². The molecule has 0 spiro atoms. The molecule has 1 amide bonds. The van der Waals surface area contributed by atoms with Crippen molar-refractivity contribution in [3.63, 3.8) is 0 Å². The molecule has 0 aliphatic rings. The number of nitrogens with zero attached hydrogens (tertiary/aromatic N) is 1. The third kappa shape index (κ3) is 4.15. The zero-order chi connectivity index (χ0) is 17.0. The summed E-state index contributed by atoms with van der Waals surface area (Å²) in [5.74, 6) is -1.71. The van der Waals surface area contributed by atoms with Gasteiger partial charge < -0.3 is 4.90 Å². The van der Waals surface area contributed by atoms with E-state index in [2.05, 4.69) is 0 Å². The molecule has 2 aromatic carbocycles. The largest absolute Gasteiger partial charge is 0.339 e. The monoisotopic (exact) mass is 317 g/mol. The lowest BCUT2D eigenvalue weighted by molar-refractivity contribution is -0.132. The van der Waals surface area contributed by atoms with Crippen molar-refractivity contribution < 1.29 is 13.6 Å². The topological polar surface area (TPSA) is 20.3 Å². The average molecular weight is 317 g/mol. The highest BCUT2D eigenvalue weighted by Gasteiger charge is 2.21. The highest BCUT2D eigenvalue weighted by molar-refractivity contribution is 5.77. The van der Waals surface area contributed by atoms with Crippen molar-refractivity contribution in [3.05, 3.63) is 71.3 Å². The van der Waals surface area contributed by atoms with Crippen molar-refractivity contribution in [2.75, 3.05) is 7.05 Å². The number of benzene rings is 2. The van der Waals surface area contributed by atoms with Gasteiger partial charge in [-0.3, -0.25) is 4.79 Å². The van der Waals surface area contributed by atoms with E-state index in [9.17, 15) is 13.6 Å². The van der Waals surface area contributed by atoms with Crippen LogP contribution in [-0.4, -0.2) is 17.9 Å². The molecule has 2 atom stereocenters. The minimum Gasteiger partial charge on any atom is -0.339 e. The number of amides is 1. The van der Waals surface area contributed by atoms with E-state index < -0.39 is 11.6 Å². The molecule has 2 rings (SSSR count). The average Bonchev–Trinajstić information content (AvgIpc) is 2.56. The van der Waals surface area contributed by atoms with Crippen molar-refractivity contribution in [3.8, 4) is 0 Å². The first kappa shape index (κ1) is 17.1. The molecule has 0 fully saturated rings. The highest BCUT2D eigenvalue weighted by Crippen LogP contribution is 2.24. The Balaban J connectivity index is 2.05. The van der Waals surface area contributed by atoms with Crippen molar-refractivity contribution in [1.29, 1.82) is 0 Å². The molecule has 0 radical (unpaired) electrons. The summed E-state index contributed by atoms with van der Waals surface area (Å²) in [7, 11) is 1.69. The molecule has 0 bridgehead atoms. The molecule has 2 nitrogen and oxygen atoms in total. The lowest BCUT2D eigenvalue weighted by Crippen LogP contribution is -2.30. The van der Waals surface area contributed by atoms with Gasteiger partial charge in [0.1, 0.15) is 0 Å². The molecule has 0 saturated heterocycles. The number of carbonyl (C=O) groups excluding carboxylic acids is 1. The standard InChI is InChI=1S/C19H21F2NO/c1-13(15-7-5-4-6-8-15)11-19(23)22(3)14(2)16-9-10-17(20)18(21)12-16/h4-10,12-14H,11H2,1-3H3. The first-order chi connectivity index (χ1) is 10.9. The zero-order valence-electron chi connectivity index (χ0n) is 13.6. The van der Waals surface area contributed by atoms with E-state index in [1.165, 1.54) is 6.07 Å². The summed E-state index contributed by atoms with van der Waals surface area (Å²) in [5.41, 5.74) is 1.68. The number of hydrogen-bond acceptors (Lipinski definition) is 1. The molecule has 122 valence electrons. The van der Waals surface area contributed by atoms with E-state index in [0.717, 1.165) is 17.7 Å². The van der Waals surface area contributed by atoms with Crippen LogP contribution in [0.4, 0.5) is 8.78 Å². The molecule has 0 heterocycles. The first-order valence-electron chi connectivity index (χ1n) is 7.65. The van der Waals surface area contributed by atoms with Crippen molar-refractivity contribution in [2.24, 2.45) is 0 Å². The van der Waals surface area contributed by atoms with E-state index in [0.29, 0.717) is 12.0 Å². The molecular weight excluding hydrogens is 296 g/mol. The van der Waals surface area contributed by atoms with Crippen LogP contribution in [0.1, 0.15) is 43.4 Å². The number of carbonyl (C=O) groups is 1. The Kier molecular flexibility index (Phi) is 5.48. The Labute approximate surface area is 135 Å². The summed E-state index contributed by atoms with van der Waals surface area (Å²) in [6, 6.07) is 13.3. The summed E-state index contributed by atoms with van der Waals surface area (Å²) >= 11 is 0. The Morgan fingerprint density at radius 1 is 1.00 bits per heavy atom. The van der Waals surface area contributed by atoms with Crippen LogP contribution in [0.15, 0.2) is 48.5 Å². The maximum atomic E-state index is 13.4. The SMILES string of the molecule is CC(CC(=O)N(C)C(C)c1ccc(F)c(F)c1)c1ccccc1.